The SMILES string of the molecule is O=C([O-])CCC(=O)NCC(=O)c1ccccc1. The molecule has 0 unspecified atom stereocenters. The Labute approximate surface area is 98.4 Å². The minimum absolute atomic E-state index is 0.129. The second kappa shape index (κ2) is 6.42. The molecule has 0 aliphatic carbocycles. The first-order valence-electron chi connectivity index (χ1n) is 5.14. The number of nitrogens with one attached hydrogen (secondary N) is 1. The van der Waals surface area contributed by atoms with Crippen molar-refractivity contribution in [2.45, 2.75) is 12.8 Å². The molecule has 1 amide bonds. The van der Waals surface area contributed by atoms with E-state index in [0.29, 0.717) is 5.56 Å². The van der Waals surface area contributed by atoms with Gasteiger partial charge in [0.1, 0.15) is 0 Å². The van der Waals surface area contributed by atoms with Crippen molar-refractivity contribution in [1.29, 1.82) is 0 Å². The second-order valence-electron chi connectivity index (χ2n) is 3.44. The molecule has 5 nitrogen and oxygen atoms in total. The van der Waals surface area contributed by atoms with E-state index in [-0.39, 0.29) is 25.2 Å². The molecule has 90 valence electrons. The van der Waals surface area contributed by atoms with Gasteiger partial charge in [0, 0.05) is 18.0 Å². The molecule has 0 spiro atoms. The highest BCUT2D eigenvalue weighted by atomic mass is 16.4. The number of carbonyl (C=O) groups excluding carboxylic acids is 3. The molecule has 17 heavy (non-hydrogen) atoms. The second-order valence-corrected chi connectivity index (χ2v) is 3.44. The van der Waals surface area contributed by atoms with Gasteiger partial charge in [-0.3, -0.25) is 9.59 Å². The molecule has 0 radical (unpaired) electrons. The molecule has 0 aliphatic rings. The van der Waals surface area contributed by atoms with E-state index in [1.807, 2.05) is 0 Å². The summed E-state index contributed by atoms with van der Waals surface area (Å²) in [4.78, 5) is 32.8. The predicted octanol–water partition coefficient (Wildman–Crippen LogP) is -0.484. The molecule has 0 atom stereocenters. The van der Waals surface area contributed by atoms with Gasteiger partial charge in [0.05, 0.1) is 6.54 Å². The summed E-state index contributed by atoms with van der Waals surface area (Å²) in [6.07, 6.45) is -0.518. The molecule has 0 aliphatic heterocycles. The standard InChI is InChI=1S/C12H13NO4/c14-10(9-4-2-1-3-5-9)8-13-11(15)6-7-12(16)17/h1-5H,6-8H2,(H,13,15)(H,16,17)/p-1. The molecule has 0 bridgehead atoms. The van der Waals surface area contributed by atoms with Crippen LogP contribution in [0.3, 0.4) is 0 Å². The van der Waals surface area contributed by atoms with Gasteiger partial charge in [0.15, 0.2) is 5.78 Å². The Kier molecular flexibility index (Phi) is 4.87. The summed E-state index contributed by atoms with van der Waals surface area (Å²) < 4.78 is 0. The van der Waals surface area contributed by atoms with Crippen molar-refractivity contribution in [1.82, 2.24) is 5.32 Å². The van der Waals surface area contributed by atoms with E-state index in [9.17, 15) is 19.5 Å². The fraction of sp³-hybridized carbons (Fsp3) is 0.250. The van der Waals surface area contributed by atoms with Gasteiger partial charge < -0.3 is 15.2 Å². The molecular formula is C12H12NO4-. The van der Waals surface area contributed by atoms with Gasteiger partial charge in [0.2, 0.25) is 5.91 Å². The Morgan fingerprint density at radius 2 is 1.71 bits per heavy atom. The molecule has 1 rings (SSSR count). The van der Waals surface area contributed by atoms with Crippen LogP contribution in [-0.4, -0.2) is 24.2 Å². The summed E-state index contributed by atoms with van der Waals surface area (Å²) in [5.41, 5.74) is 0.507. The number of benzene rings is 1. The van der Waals surface area contributed by atoms with E-state index in [4.69, 9.17) is 0 Å². The molecule has 0 aromatic heterocycles. The summed E-state index contributed by atoms with van der Waals surface area (Å²) in [6.45, 7) is -0.129. The van der Waals surface area contributed by atoms with Crippen molar-refractivity contribution >= 4 is 17.7 Å². The number of rotatable bonds is 6. The van der Waals surface area contributed by atoms with Crippen LogP contribution >= 0.6 is 0 Å². The zero-order chi connectivity index (χ0) is 12.7. The molecule has 0 saturated heterocycles. The maximum Gasteiger partial charge on any atom is 0.220 e. The van der Waals surface area contributed by atoms with E-state index < -0.39 is 11.9 Å². The van der Waals surface area contributed by atoms with Crippen LogP contribution < -0.4 is 10.4 Å². The maximum absolute atomic E-state index is 11.5. The summed E-state index contributed by atoms with van der Waals surface area (Å²) >= 11 is 0. The van der Waals surface area contributed by atoms with E-state index in [0.717, 1.165) is 0 Å². The number of carbonyl (C=O) groups is 3. The van der Waals surface area contributed by atoms with E-state index in [1.54, 1.807) is 30.3 Å². The van der Waals surface area contributed by atoms with E-state index >= 15 is 0 Å². The summed E-state index contributed by atoms with van der Waals surface area (Å²) in [5, 5.41) is 12.5. The van der Waals surface area contributed by atoms with Crippen molar-refractivity contribution in [2.24, 2.45) is 0 Å². The van der Waals surface area contributed by atoms with Crippen LogP contribution in [0.15, 0.2) is 30.3 Å². The molecule has 5 heteroatoms. The molecule has 1 N–H and O–H groups in total. The number of amides is 1. The van der Waals surface area contributed by atoms with Crippen LogP contribution in [0.2, 0.25) is 0 Å². The Bertz CT molecular complexity index is 414. The Balaban J connectivity index is 2.34. The van der Waals surface area contributed by atoms with Gasteiger partial charge in [-0.1, -0.05) is 30.3 Å². The van der Waals surface area contributed by atoms with Gasteiger partial charge in [-0.05, 0) is 6.42 Å². The summed E-state index contributed by atoms with van der Waals surface area (Å²) in [5.74, 6) is -1.97. The van der Waals surface area contributed by atoms with Crippen molar-refractivity contribution < 1.29 is 19.5 Å². The van der Waals surface area contributed by atoms with Gasteiger partial charge >= 0.3 is 0 Å². The zero-order valence-corrected chi connectivity index (χ0v) is 9.14. The predicted molar refractivity (Wildman–Crippen MR) is 58.0 cm³/mol. The molecule has 0 fully saturated rings. The first-order valence-corrected chi connectivity index (χ1v) is 5.14. The van der Waals surface area contributed by atoms with Crippen molar-refractivity contribution in [3.63, 3.8) is 0 Å². The van der Waals surface area contributed by atoms with Crippen LogP contribution in [0.25, 0.3) is 0 Å². The lowest BCUT2D eigenvalue weighted by molar-refractivity contribution is -0.305. The fourth-order valence-electron chi connectivity index (χ4n) is 1.21. The first kappa shape index (κ1) is 12.9. The van der Waals surface area contributed by atoms with Gasteiger partial charge in [-0.15, -0.1) is 0 Å². The third-order valence-electron chi connectivity index (χ3n) is 2.10. The van der Waals surface area contributed by atoms with Crippen molar-refractivity contribution in [3.8, 4) is 0 Å². The Morgan fingerprint density at radius 3 is 2.29 bits per heavy atom. The number of carboxylic acid groups (broad SMARTS) is 1. The van der Waals surface area contributed by atoms with Crippen LogP contribution in [0.1, 0.15) is 23.2 Å². The average Bonchev–Trinajstić information content (AvgIpc) is 2.34. The normalized spacial score (nSPS) is 9.65. The first-order chi connectivity index (χ1) is 8.09. The lowest BCUT2D eigenvalue weighted by Crippen LogP contribution is -2.31. The largest absolute Gasteiger partial charge is 0.550 e. The number of Topliss-reactive ketones (excluding diaryl/α,β-unsaturated/α-hetero) is 1. The quantitative estimate of drug-likeness (QED) is 0.673. The van der Waals surface area contributed by atoms with Gasteiger partial charge in [-0.25, -0.2) is 0 Å². The Morgan fingerprint density at radius 1 is 1.06 bits per heavy atom. The average molecular weight is 234 g/mol. The molecule has 0 saturated carbocycles. The van der Waals surface area contributed by atoms with Crippen LogP contribution in [0.5, 0.6) is 0 Å². The van der Waals surface area contributed by atoms with E-state index in [2.05, 4.69) is 5.32 Å². The molecule has 1 aromatic carbocycles. The minimum Gasteiger partial charge on any atom is -0.550 e. The molecule has 0 heterocycles. The Hall–Kier alpha value is -2.17. The third kappa shape index (κ3) is 4.92. The van der Waals surface area contributed by atoms with Crippen LogP contribution in [0.4, 0.5) is 0 Å². The number of carboxylic acids is 1. The van der Waals surface area contributed by atoms with Crippen molar-refractivity contribution in [3.05, 3.63) is 35.9 Å². The number of ketones is 1. The molecular weight excluding hydrogens is 222 g/mol. The number of aliphatic carboxylic acids is 1. The fourth-order valence-corrected chi connectivity index (χ4v) is 1.21. The number of hydrogen-bond donors (Lipinski definition) is 1. The van der Waals surface area contributed by atoms with Gasteiger partial charge in [-0.2, -0.15) is 0 Å². The van der Waals surface area contributed by atoms with Gasteiger partial charge in [0.25, 0.3) is 0 Å². The van der Waals surface area contributed by atoms with Crippen LogP contribution in [0, 0.1) is 0 Å². The highest BCUT2D eigenvalue weighted by Gasteiger charge is 2.07. The minimum atomic E-state index is -1.28. The summed E-state index contributed by atoms with van der Waals surface area (Å²) in [7, 11) is 0. The third-order valence-corrected chi connectivity index (χ3v) is 2.10. The van der Waals surface area contributed by atoms with Crippen LogP contribution in [-0.2, 0) is 9.59 Å². The van der Waals surface area contributed by atoms with E-state index in [1.165, 1.54) is 0 Å². The monoisotopic (exact) mass is 234 g/mol. The smallest absolute Gasteiger partial charge is 0.220 e. The topological polar surface area (TPSA) is 86.3 Å². The lowest BCUT2D eigenvalue weighted by Gasteiger charge is -2.05. The highest BCUT2D eigenvalue weighted by Crippen LogP contribution is 1.99. The summed E-state index contributed by atoms with van der Waals surface area (Å²) in [6, 6.07) is 8.54. The highest BCUT2D eigenvalue weighted by molar-refractivity contribution is 5.99. The molecule has 1 aromatic rings. The zero-order valence-electron chi connectivity index (χ0n) is 9.14. The number of hydrogen-bond acceptors (Lipinski definition) is 4. The van der Waals surface area contributed by atoms with Crippen molar-refractivity contribution in [2.75, 3.05) is 6.54 Å². The lowest BCUT2D eigenvalue weighted by atomic mass is 10.1. The maximum atomic E-state index is 11.5.